The number of hydrogen-bond acceptors (Lipinski definition) is 6. The van der Waals surface area contributed by atoms with Crippen molar-refractivity contribution < 1.29 is 18.9 Å². The molecule has 0 unspecified atom stereocenters. The molecule has 0 aliphatic carbocycles. The number of carbonyl (C=O) groups excluding carboxylic acids is 2. The third kappa shape index (κ3) is 5.13. The van der Waals surface area contributed by atoms with E-state index in [0.717, 1.165) is 0 Å². The number of nitrogens with zero attached hydrogens (tertiary/aromatic N) is 2. The van der Waals surface area contributed by atoms with E-state index in [0.29, 0.717) is 28.3 Å². The second-order valence-electron chi connectivity index (χ2n) is 5.96. The molecule has 9 nitrogen and oxygen atoms in total. The summed E-state index contributed by atoms with van der Waals surface area (Å²) >= 11 is 0. The largest absolute Gasteiger partial charge is 0.455 e. The standard InChI is InChI=1S/C20H16N4O5/c1-13(25)22-16-6-2-15(3-7-16)20(26)23-21-12-18-10-11-19(29-18)14-4-8-17(9-5-14)24(27)28/h2-12H,1H3,(H,22,25)(H,23,26). The van der Waals surface area contributed by atoms with Crippen LogP contribution in [0.15, 0.2) is 70.2 Å². The summed E-state index contributed by atoms with van der Waals surface area (Å²) in [5.41, 5.74) is 4.03. The van der Waals surface area contributed by atoms with Crippen molar-refractivity contribution in [3.63, 3.8) is 0 Å². The first kappa shape index (κ1) is 19.5. The van der Waals surface area contributed by atoms with Crippen molar-refractivity contribution >= 4 is 29.4 Å². The van der Waals surface area contributed by atoms with Crippen molar-refractivity contribution in [2.24, 2.45) is 5.10 Å². The molecular weight excluding hydrogens is 376 g/mol. The minimum atomic E-state index is -0.472. The maximum atomic E-state index is 12.1. The first-order chi connectivity index (χ1) is 13.9. The number of hydrogen-bond donors (Lipinski definition) is 2. The normalized spacial score (nSPS) is 10.7. The maximum Gasteiger partial charge on any atom is 0.271 e. The van der Waals surface area contributed by atoms with Gasteiger partial charge in [-0.2, -0.15) is 5.10 Å². The minimum Gasteiger partial charge on any atom is -0.455 e. The first-order valence-corrected chi connectivity index (χ1v) is 8.48. The fourth-order valence-electron chi connectivity index (χ4n) is 2.45. The number of nitro groups is 1. The van der Waals surface area contributed by atoms with E-state index in [9.17, 15) is 19.7 Å². The number of non-ortho nitro benzene ring substituents is 1. The summed E-state index contributed by atoms with van der Waals surface area (Å²) in [6, 6.07) is 15.7. The predicted molar refractivity (Wildman–Crippen MR) is 107 cm³/mol. The lowest BCUT2D eigenvalue weighted by Gasteiger charge is -2.03. The molecule has 0 atom stereocenters. The topological polar surface area (TPSA) is 127 Å². The Labute approximate surface area is 165 Å². The quantitative estimate of drug-likeness (QED) is 0.377. The van der Waals surface area contributed by atoms with E-state index in [2.05, 4.69) is 15.8 Å². The lowest BCUT2D eigenvalue weighted by Crippen LogP contribution is -2.17. The summed E-state index contributed by atoms with van der Waals surface area (Å²) in [6.07, 6.45) is 1.35. The molecule has 0 bridgehead atoms. The lowest BCUT2D eigenvalue weighted by molar-refractivity contribution is -0.384. The number of nitro benzene ring substituents is 1. The Morgan fingerprint density at radius 3 is 2.34 bits per heavy atom. The summed E-state index contributed by atoms with van der Waals surface area (Å²) in [5, 5.41) is 17.2. The van der Waals surface area contributed by atoms with Gasteiger partial charge >= 0.3 is 0 Å². The molecule has 0 aliphatic rings. The monoisotopic (exact) mass is 392 g/mol. The first-order valence-electron chi connectivity index (χ1n) is 8.48. The molecule has 0 aliphatic heterocycles. The highest BCUT2D eigenvalue weighted by molar-refractivity contribution is 5.96. The van der Waals surface area contributed by atoms with Crippen LogP contribution in [-0.4, -0.2) is 23.0 Å². The van der Waals surface area contributed by atoms with Gasteiger partial charge in [-0.3, -0.25) is 19.7 Å². The van der Waals surface area contributed by atoms with E-state index in [1.54, 1.807) is 48.5 Å². The van der Waals surface area contributed by atoms with Gasteiger partial charge in [0.15, 0.2) is 0 Å². The number of furan rings is 1. The highest BCUT2D eigenvalue weighted by atomic mass is 16.6. The van der Waals surface area contributed by atoms with Crippen molar-refractivity contribution in [2.75, 3.05) is 5.32 Å². The lowest BCUT2D eigenvalue weighted by atomic mass is 10.1. The zero-order valence-corrected chi connectivity index (χ0v) is 15.3. The van der Waals surface area contributed by atoms with Crippen LogP contribution in [-0.2, 0) is 4.79 Å². The smallest absolute Gasteiger partial charge is 0.271 e. The molecule has 2 amide bonds. The Morgan fingerprint density at radius 2 is 1.72 bits per heavy atom. The average molecular weight is 392 g/mol. The Balaban J connectivity index is 1.60. The van der Waals surface area contributed by atoms with Crippen molar-refractivity contribution in [2.45, 2.75) is 6.92 Å². The van der Waals surface area contributed by atoms with Crippen molar-refractivity contribution in [1.29, 1.82) is 0 Å². The van der Waals surface area contributed by atoms with E-state index >= 15 is 0 Å². The predicted octanol–water partition coefficient (Wildman–Crippen LogP) is 3.58. The summed E-state index contributed by atoms with van der Waals surface area (Å²) in [4.78, 5) is 33.3. The molecule has 0 saturated heterocycles. The molecule has 29 heavy (non-hydrogen) atoms. The fraction of sp³-hybridized carbons (Fsp3) is 0.0500. The van der Waals surface area contributed by atoms with Crippen LogP contribution in [0.5, 0.6) is 0 Å². The maximum absolute atomic E-state index is 12.1. The van der Waals surface area contributed by atoms with Gasteiger partial charge in [-0.05, 0) is 48.5 Å². The van der Waals surface area contributed by atoms with E-state index in [1.165, 1.54) is 25.3 Å². The zero-order chi connectivity index (χ0) is 20.8. The van der Waals surface area contributed by atoms with Crippen molar-refractivity contribution in [3.8, 4) is 11.3 Å². The molecule has 0 radical (unpaired) electrons. The second-order valence-corrected chi connectivity index (χ2v) is 5.96. The number of benzene rings is 2. The highest BCUT2D eigenvalue weighted by Crippen LogP contribution is 2.24. The molecule has 2 N–H and O–H groups in total. The number of hydrazone groups is 1. The molecule has 0 fully saturated rings. The average Bonchev–Trinajstić information content (AvgIpc) is 3.17. The Hall–Kier alpha value is -4.27. The highest BCUT2D eigenvalue weighted by Gasteiger charge is 2.08. The van der Waals surface area contributed by atoms with Gasteiger partial charge in [0.05, 0.1) is 11.1 Å². The van der Waals surface area contributed by atoms with Gasteiger partial charge in [0.2, 0.25) is 5.91 Å². The van der Waals surface area contributed by atoms with Crippen LogP contribution in [0.2, 0.25) is 0 Å². The molecule has 146 valence electrons. The van der Waals surface area contributed by atoms with Gasteiger partial charge in [-0.1, -0.05) is 0 Å². The number of nitrogens with one attached hydrogen (secondary N) is 2. The Kier molecular flexibility index (Phi) is 5.79. The molecule has 1 aromatic heterocycles. The third-order valence-electron chi connectivity index (χ3n) is 3.81. The van der Waals surface area contributed by atoms with Crippen LogP contribution in [0, 0.1) is 10.1 Å². The van der Waals surface area contributed by atoms with Crippen molar-refractivity contribution in [1.82, 2.24) is 5.43 Å². The molecule has 3 rings (SSSR count). The fourth-order valence-corrected chi connectivity index (χ4v) is 2.45. The molecule has 9 heteroatoms. The minimum absolute atomic E-state index is 0.00471. The van der Waals surface area contributed by atoms with Gasteiger partial charge < -0.3 is 9.73 Å². The van der Waals surface area contributed by atoms with E-state index in [1.807, 2.05) is 0 Å². The van der Waals surface area contributed by atoms with E-state index in [4.69, 9.17) is 4.42 Å². The summed E-state index contributed by atoms with van der Waals surface area (Å²) in [6.45, 7) is 1.40. The van der Waals surface area contributed by atoms with Crippen LogP contribution in [0.3, 0.4) is 0 Å². The van der Waals surface area contributed by atoms with Crippen LogP contribution in [0.4, 0.5) is 11.4 Å². The van der Waals surface area contributed by atoms with Crippen LogP contribution in [0.1, 0.15) is 23.0 Å². The van der Waals surface area contributed by atoms with Crippen molar-refractivity contribution in [3.05, 3.63) is 82.1 Å². The molecule has 1 heterocycles. The molecule has 2 aromatic carbocycles. The van der Waals surface area contributed by atoms with Crippen LogP contribution in [0.25, 0.3) is 11.3 Å². The number of amides is 2. The van der Waals surface area contributed by atoms with Gasteiger partial charge in [0, 0.05) is 35.9 Å². The molecule has 0 spiro atoms. The van der Waals surface area contributed by atoms with Gasteiger partial charge in [0.1, 0.15) is 11.5 Å². The van der Waals surface area contributed by atoms with Gasteiger partial charge in [0.25, 0.3) is 11.6 Å². The van der Waals surface area contributed by atoms with E-state index in [-0.39, 0.29) is 11.6 Å². The summed E-state index contributed by atoms with van der Waals surface area (Å²) in [5.74, 6) is 0.303. The van der Waals surface area contributed by atoms with Crippen LogP contribution >= 0.6 is 0 Å². The van der Waals surface area contributed by atoms with Gasteiger partial charge in [-0.25, -0.2) is 5.43 Å². The second kappa shape index (κ2) is 8.61. The number of rotatable bonds is 6. The summed E-state index contributed by atoms with van der Waals surface area (Å²) < 4.78 is 5.60. The molecule has 0 saturated carbocycles. The number of carbonyl (C=O) groups is 2. The molecular formula is C20H16N4O5. The third-order valence-corrected chi connectivity index (χ3v) is 3.81. The van der Waals surface area contributed by atoms with Crippen LogP contribution < -0.4 is 10.7 Å². The Bertz CT molecular complexity index is 1070. The Morgan fingerprint density at radius 1 is 1.03 bits per heavy atom. The van der Waals surface area contributed by atoms with Gasteiger partial charge in [-0.15, -0.1) is 0 Å². The SMILES string of the molecule is CC(=O)Nc1ccc(C(=O)NN=Cc2ccc(-c3ccc([N+](=O)[O-])cc3)o2)cc1. The number of anilines is 1. The van der Waals surface area contributed by atoms with E-state index < -0.39 is 10.8 Å². The molecule has 3 aromatic rings. The summed E-state index contributed by atoms with van der Waals surface area (Å²) in [7, 11) is 0. The zero-order valence-electron chi connectivity index (χ0n) is 15.3.